The van der Waals surface area contributed by atoms with Crippen molar-refractivity contribution in [3.63, 3.8) is 0 Å². The summed E-state index contributed by atoms with van der Waals surface area (Å²) in [5.41, 5.74) is 0. The Morgan fingerprint density at radius 1 is 1.58 bits per heavy atom. The van der Waals surface area contributed by atoms with Crippen LogP contribution in [0, 0.1) is 0 Å². The van der Waals surface area contributed by atoms with E-state index >= 15 is 0 Å². The summed E-state index contributed by atoms with van der Waals surface area (Å²) in [6, 6.07) is -0.279. The number of halogens is 1. The van der Waals surface area contributed by atoms with Gasteiger partial charge in [0, 0.05) is 28.9 Å². The lowest BCUT2D eigenvalue weighted by atomic mass is 10.4. The Kier molecular flexibility index (Phi) is 5.55. The molecule has 2 atom stereocenters. The average molecular weight is 278 g/mol. The van der Waals surface area contributed by atoms with Gasteiger partial charge in [0.15, 0.2) is 0 Å². The maximum atomic E-state index is 10.9. The summed E-state index contributed by atoms with van der Waals surface area (Å²) in [5, 5.41) is 0. The Labute approximate surface area is 83.8 Å². The summed E-state index contributed by atoms with van der Waals surface area (Å²) in [5.74, 6) is 0.340. The molecule has 0 fully saturated rings. The normalized spacial score (nSPS) is 17.2. The fourth-order valence-corrected chi connectivity index (χ4v) is 2.77. The molecule has 12 heavy (non-hydrogen) atoms. The molecule has 1 N–H and O–H groups in total. The Hall–Kier alpha value is 0.540. The average Bonchev–Trinajstić information content (AvgIpc) is 1.84. The van der Waals surface area contributed by atoms with E-state index in [0.29, 0.717) is 5.75 Å². The molecule has 7 heteroatoms. The highest BCUT2D eigenvalue weighted by molar-refractivity contribution is 9.10. The van der Waals surface area contributed by atoms with Gasteiger partial charge in [0.1, 0.15) is 4.66 Å². The molecule has 0 amide bonds. The first-order valence-electron chi connectivity index (χ1n) is 3.23. The van der Waals surface area contributed by atoms with Gasteiger partial charge in [0.2, 0.25) is 10.0 Å². The number of alkyl halides is 1. The highest BCUT2D eigenvalue weighted by Gasteiger charge is 2.13. The van der Waals surface area contributed by atoms with E-state index in [1.54, 1.807) is 13.2 Å². The fraction of sp³-hybridized carbons (Fsp3) is 1.00. The second-order valence-electron chi connectivity index (χ2n) is 2.48. The van der Waals surface area contributed by atoms with Gasteiger partial charge >= 0.3 is 0 Å². The van der Waals surface area contributed by atoms with E-state index in [-0.39, 0.29) is 10.7 Å². The summed E-state index contributed by atoms with van der Waals surface area (Å²) in [7, 11) is -4.21. The molecule has 0 aliphatic heterocycles. The van der Waals surface area contributed by atoms with Gasteiger partial charge in [-0.2, -0.15) is 0 Å². The predicted molar refractivity (Wildman–Crippen MR) is 54.2 cm³/mol. The lowest BCUT2D eigenvalue weighted by Gasteiger charge is -2.10. The van der Waals surface area contributed by atoms with E-state index in [1.807, 2.05) is 0 Å². The second-order valence-corrected chi connectivity index (χ2v) is 7.02. The minimum absolute atomic E-state index is 0.124. The molecule has 0 spiro atoms. The maximum absolute atomic E-state index is 10.9. The zero-order valence-corrected chi connectivity index (χ0v) is 10.1. The fourth-order valence-electron chi connectivity index (χ4n) is 0.724. The van der Waals surface area contributed by atoms with Crippen LogP contribution >= 0.6 is 15.9 Å². The third kappa shape index (κ3) is 6.10. The maximum Gasteiger partial charge on any atom is 0.221 e. The zero-order chi connectivity index (χ0) is 9.78. The van der Waals surface area contributed by atoms with Crippen molar-refractivity contribution in [2.75, 3.05) is 16.7 Å². The highest BCUT2D eigenvalue weighted by atomic mass is 79.9. The molecular formula is C5H12BrNO3S2. The quantitative estimate of drug-likeness (QED) is 0.721. The molecule has 74 valence electrons. The summed E-state index contributed by atoms with van der Waals surface area (Å²) >= 11 is 2.84. The Bertz CT molecular complexity index is 251. The van der Waals surface area contributed by atoms with Crippen molar-refractivity contribution < 1.29 is 12.6 Å². The van der Waals surface area contributed by atoms with Crippen molar-refractivity contribution in [3.05, 3.63) is 0 Å². The van der Waals surface area contributed by atoms with E-state index in [4.69, 9.17) is 0 Å². The van der Waals surface area contributed by atoms with Crippen LogP contribution in [-0.2, 0) is 20.8 Å². The first-order valence-corrected chi connectivity index (χ1v) is 7.73. The van der Waals surface area contributed by atoms with Gasteiger partial charge in [-0.1, -0.05) is 15.9 Å². The molecule has 0 aromatic carbocycles. The number of hydrogen-bond acceptors (Lipinski definition) is 3. The summed E-state index contributed by atoms with van der Waals surface area (Å²) < 4.78 is 34.8. The molecule has 2 unspecified atom stereocenters. The minimum Gasteiger partial charge on any atom is -0.260 e. The Balaban J connectivity index is 4.01. The zero-order valence-electron chi connectivity index (χ0n) is 6.91. The standard InChI is InChI=1S/C5H12BrNO3S2/c1-5(3-11(2)8)7-12(9,10)4-6/h5,7H,3-4H2,1-2H3. The summed E-state index contributed by atoms with van der Waals surface area (Å²) in [6.07, 6.45) is 1.54. The SMILES string of the molecule is CC(CS(C)=O)NS(=O)(=O)CBr. The molecule has 0 saturated carbocycles. The molecule has 4 nitrogen and oxygen atoms in total. The smallest absolute Gasteiger partial charge is 0.221 e. The molecule has 0 aliphatic rings. The van der Waals surface area contributed by atoms with Gasteiger partial charge in [0.25, 0.3) is 0 Å². The Morgan fingerprint density at radius 3 is 2.42 bits per heavy atom. The molecule has 0 aliphatic carbocycles. The van der Waals surface area contributed by atoms with Crippen LogP contribution in [0.3, 0.4) is 0 Å². The van der Waals surface area contributed by atoms with Gasteiger partial charge in [0.05, 0.1) is 0 Å². The van der Waals surface area contributed by atoms with Crippen molar-refractivity contribution in [1.29, 1.82) is 0 Å². The Morgan fingerprint density at radius 2 is 2.08 bits per heavy atom. The van der Waals surface area contributed by atoms with Crippen molar-refractivity contribution in [2.45, 2.75) is 13.0 Å². The van der Waals surface area contributed by atoms with E-state index < -0.39 is 20.8 Å². The number of hydrogen-bond donors (Lipinski definition) is 1. The number of sulfonamides is 1. The first-order chi connectivity index (χ1) is 5.37. The van der Waals surface area contributed by atoms with E-state index in [0.717, 1.165) is 0 Å². The van der Waals surface area contributed by atoms with E-state index in [1.165, 1.54) is 0 Å². The van der Waals surface area contributed by atoms with Crippen molar-refractivity contribution in [1.82, 2.24) is 4.72 Å². The highest BCUT2D eigenvalue weighted by Crippen LogP contribution is 1.94. The van der Waals surface area contributed by atoms with Crippen LogP contribution in [-0.4, -0.2) is 35.3 Å². The predicted octanol–water partition coefficient (Wildman–Crippen LogP) is 0.0252. The van der Waals surface area contributed by atoms with Crippen LogP contribution in [0.2, 0.25) is 0 Å². The van der Waals surface area contributed by atoms with Crippen molar-refractivity contribution in [3.8, 4) is 0 Å². The number of rotatable bonds is 5. The molecule has 0 heterocycles. The third-order valence-corrected chi connectivity index (χ3v) is 4.84. The second kappa shape index (κ2) is 5.31. The van der Waals surface area contributed by atoms with Crippen molar-refractivity contribution >= 4 is 36.8 Å². The minimum atomic E-state index is -3.23. The summed E-state index contributed by atoms with van der Waals surface area (Å²) in [6.45, 7) is 1.68. The topological polar surface area (TPSA) is 63.2 Å². The van der Waals surface area contributed by atoms with Gasteiger partial charge in [-0.15, -0.1) is 0 Å². The molecule has 0 aromatic heterocycles. The lowest BCUT2D eigenvalue weighted by molar-refractivity contribution is 0.575. The van der Waals surface area contributed by atoms with Crippen LogP contribution in [0.15, 0.2) is 0 Å². The third-order valence-electron chi connectivity index (χ3n) is 1.01. The van der Waals surface area contributed by atoms with Crippen LogP contribution < -0.4 is 4.72 Å². The molecule has 0 saturated heterocycles. The van der Waals surface area contributed by atoms with Crippen LogP contribution in [0.25, 0.3) is 0 Å². The largest absolute Gasteiger partial charge is 0.260 e. The van der Waals surface area contributed by atoms with Gasteiger partial charge in [-0.25, -0.2) is 13.1 Å². The van der Waals surface area contributed by atoms with Crippen LogP contribution in [0.5, 0.6) is 0 Å². The van der Waals surface area contributed by atoms with Gasteiger partial charge in [-0.3, -0.25) is 4.21 Å². The van der Waals surface area contributed by atoms with Gasteiger partial charge in [-0.05, 0) is 6.92 Å². The first kappa shape index (κ1) is 12.5. The molecule has 0 rings (SSSR count). The van der Waals surface area contributed by atoms with Crippen LogP contribution in [0.4, 0.5) is 0 Å². The molecule has 0 radical (unpaired) electrons. The van der Waals surface area contributed by atoms with E-state index in [9.17, 15) is 12.6 Å². The van der Waals surface area contributed by atoms with E-state index in [2.05, 4.69) is 20.7 Å². The van der Waals surface area contributed by atoms with Crippen molar-refractivity contribution in [2.24, 2.45) is 0 Å². The monoisotopic (exact) mass is 277 g/mol. The lowest BCUT2D eigenvalue weighted by Crippen LogP contribution is -2.36. The molecular weight excluding hydrogens is 266 g/mol. The molecule has 0 bridgehead atoms. The summed E-state index contributed by atoms with van der Waals surface area (Å²) in [4.78, 5) is 0. The van der Waals surface area contributed by atoms with Gasteiger partial charge < -0.3 is 0 Å². The molecule has 0 aromatic rings. The number of nitrogens with one attached hydrogen (secondary N) is 1. The van der Waals surface area contributed by atoms with Crippen LogP contribution in [0.1, 0.15) is 6.92 Å².